The highest BCUT2D eigenvalue weighted by atomic mass is 16.5. The van der Waals surface area contributed by atoms with Gasteiger partial charge >= 0.3 is 0 Å². The fraction of sp³-hybridized carbons (Fsp3) is 0.226. The molecule has 2 heterocycles. The van der Waals surface area contributed by atoms with Gasteiger partial charge in [-0.3, -0.25) is 4.90 Å². The zero-order chi connectivity index (χ0) is 24.3. The Balaban J connectivity index is 1.18. The summed E-state index contributed by atoms with van der Waals surface area (Å²) in [6, 6.07) is 30.3. The Morgan fingerprint density at radius 3 is 2.44 bits per heavy atom. The molecule has 36 heavy (non-hydrogen) atoms. The van der Waals surface area contributed by atoms with Gasteiger partial charge in [-0.25, -0.2) is 0 Å². The summed E-state index contributed by atoms with van der Waals surface area (Å²) in [7, 11) is 1.71. The molecular formula is C31H30N4O. The van der Waals surface area contributed by atoms with Crippen molar-refractivity contribution in [3.63, 3.8) is 0 Å². The Labute approximate surface area is 211 Å². The molecule has 0 aliphatic carbocycles. The summed E-state index contributed by atoms with van der Waals surface area (Å²) in [5.74, 6) is 1.65. The molecule has 1 N–H and O–H groups in total. The minimum absolute atomic E-state index is 0.365. The standard InChI is InChI=1S/C31H30N4O/c1-36-27-18-28(24-8-3-2-4-9-24)30-20-32-34-31(29(30)19-27)33-26-13-15-35(16-14-26)21-22-11-12-23-7-5-6-10-25(23)17-22/h2-12,17-20,26H,13-16,21H2,1H3,(H,33,34). The lowest BCUT2D eigenvalue weighted by molar-refractivity contribution is 0.211. The normalized spacial score (nSPS) is 14.8. The van der Waals surface area contributed by atoms with E-state index in [0.29, 0.717) is 6.04 Å². The van der Waals surface area contributed by atoms with E-state index in [9.17, 15) is 0 Å². The summed E-state index contributed by atoms with van der Waals surface area (Å²) in [5, 5.41) is 17.3. The van der Waals surface area contributed by atoms with E-state index in [1.54, 1.807) is 7.11 Å². The van der Waals surface area contributed by atoms with E-state index >= 15 is 0 Å². The van der Waals surface area contributed by atoms with Crippen molar-refractivity contribution in [3.05, 3.63) is 96.7 Å². The quantitative estimate of drug-likeness (QED) is 0.303. The van der Waals surface area contributed by atoms with Crippen LogP contribution in [0.2, 0.25) is 0 Å². The number of methoxy groups -OCH3 is 1. The first kappa shape index (κ1) is 22.5. The molecule has 1 aromatic heterocycles. The summed E-state index contributed by atoms with van der Waals surface area (Å²) in [6.45, 7) is 3.10. The topological polar surface area (TPSA) is 50.3 Å². The Bertz CT molecular complexity index is 1490. The molecule has 0 spiro atoms. The highest BCUT2D eigenvalue weighted by molar-refractivity contribution is 6.02. The number of likely N-dealkylation sites (tertiary alicyclic amines) is 1. The van der Waals surface area contributed by atoms with Crippen molar-refractivity contribution in [2.75, 3.05) is 25.5 Å². The molecule has 1 aliphatic rings. The van der Waals surface area contributed by atoms with E-state index in [-0.39, 0.29) is 0 Å². The molecular weight excluding hydrogens is 444 g/mol. The van der Waals surface area contributed by atoms with Crippen molar-refractivity contribution in [2.24, 2.45) is 0 Å². The SMILES string of the molecule is COc1cc(-c2ccccc2)c2cnnc(NC3CCN(Cc4ccc5ccccc5c4)CC3)c2c1. The largest absolute Gasteiger partial charge is 0.497 e. The lowest BCUT2D eigenvalue weighted by atomic mass is 9.98. The third-order valence-corrected chi connectivity index (χ3v) is 7.22. The van der Waals surface area contributed by atoms with Gasteiger partial charge in [-0.2, -0.15) is 5.10 Å². The van der Waals surface area contributed by atoms with Crippen LogP contribution in [-0.4, -0.2) is 41.3 Å². The molecule has 0 saturated carbocycles. The molecule has 0 radical (unpaired) electrons. The van der Waals surface area contributed by atoms with Crippen molar-refractivity contribution in [2.45, 2.75) is 25.4 Å². The molecule has 0 atom stereocenters. The predicted molar refractivity (Wildman–Crippen MR) is 147 cm³/mol. The van der Waals surface area contributed by atoms with E-state index in [1.807, 2.05) is 12.3 Å². The van der Waals surface area contributed by atoms with Crippen molar-refractivity contribution in [3.8, 4) is 16.9 Å². The van der Waals surface area contributed by atoms with Gasteiger partial charge in [0.05, 0.1) is 13.3 Å². The average molecular weight is 475 g/mol. The predicted octanol–water partition coefficient (Wildman–Crippen LogP) is 6.54. The Morgan fingerprint density at radius 1 is 0.861 bits per heavy atom. The molecule has 5 heteroatoms. The van der Waals surface area contributed by atoms with Gasteiger partial charge in [0.15, 0.2) is 5.82 Å². The lowest BCUT2D eigenvalue weighted by Crippen LogP contribution is -2.38. The lowest BCUT2D eigenvalue weighted by Gasteiger charge is -2.32. The van der Waals surface area contributed by atoms with Crippen LogP contribution in [0.4, 0.5) is 5.82 Å². The van der Waals surface area contributed by atoms with Crippen LogP contribution in [-0.2, 0) is 6.54 Å². The van der Waals surface area contributed by atoms with Gasteiger partial charge in [0, 0.05) is 36.4 Å². The monoisotopic (exact) mass is 474 g/mol. The smallest absolute Gasteiger partial charge is 0.156 e. The molecule has 6 rings (SSSR count). The molecule has 1 fully saturated rings. The van der Waals surface area contributed by atoms with Crippen LogP contribution in [0.5, 0.6) is 5.75 Å². The molecule has 1 aliphatic heterocycles. The van der Waals surface area contributed by atoms with Crippen LogP contribution >= 0.6 is 0 Å². The van der Waals surface area contributed by atoms with Gasteiger partial charge in [-0.1, -0.05) is 66.7 Å². The second-order valence-corrected chi connectivity index (χ2v) is 9.57. The molecule has 0 bridgehead atoms. The zero-order valence-corrected chi connectivity index (χ0v) is 20.5. The van der Waals surface area contributed by atoms with Gasteiger partial charge in [-0.15, -0.1) is 5.10 Å². The molecule has 4 aromatic carbocycles. The number of piperidine rings is 1. The Hall–Kier alpha value is -3.96. The van der Waals surface area contributed by atoms with Crippen molar-refractivity contribution >= 4 is 27.4 Å². The van der Waals surface area contributed by atoms with E-state index in [0.717, 1.165) is 65.9 Å². The number of fused-ring (bicyclic) bond motifs is 2. The second kappa shape index (κ2) is 9.96. The first-order valence-electron chi connectivity index (χ1n) is 12.6. The Morgan fingerprint density at radius 2 is 1.64 bits per heavy atom. The van der Waals surface area contributed by atoms with E-state index in [2.05, 4.69) is 99.3 Å². The van der Waals surface area contributed by atoms with E-state index in [1.165, 1.54) is 16.3 Å². The van der Waals surface area contributed by atoms with E-state index < -0.39 is 0 Å². The number of anilines is 1. The highest BCUT2D eigenvalue weighted by Gasteiger charge is 2.21. The zero-order valence-electron chi connectivity index (χ0n) is 20.5. The first-order valence-corrected chi connectivity index (χ1v) is 12.6. The van der Waals surface area contributed by atoms with E-state index in [4.69, 9.17) is 4.74 Å². The first-order chi connectivity index (χ1) is 17.8. The molecule has 0 unspecified atom stereocenters. The molecule has 5 nitrogen and oxygen atoms in total. The van der Waals surface area contributed by atoms with Gasteiger partial charge in [0.2, 0.25) is 0 Å². The molecule has 180 valence electrons. The van der Waals surface area contributed by atoms with Crippen LogP contribution in [0.15, 0.2) is 91.1 Å². The average Bonchev–Trinajstić information content (AvgIpc) is 2.94. The molecule has 0 amide bonds. The fourth-order valence-corrected chi connectivity index (χ4v) is 5.27. The number of aromatic nitrogens is 2. The summed E-state index contributed by atoms with van der Waals surface area (Å²) >= 11 is 0. The highest BCUT2D eigenvalue weighted by Crippen LogP contribution is 2.35. The maximum absolute atomic E-state index is 5.64. The Kier molecular flexibility index (Phi) is 6.22. The number of benzene rings is 4. The minimum Gasteiger partial charge on any atom is -0.497 e. The van der Waals surface area contributed by atoms with Gasteiger partial charge in [0.25, 0.3) is 0 Å². The maximum atomic E-state index is 5.64. The second-order valence-electron chi connectivity index (χ2n) is 9.57. The number of nitrogens with one attached hydrogen (secondary N) is 1. The van der Waals surface area contributed by atoms with Crippen LogP contribution in [0.3, 0.4) is 0 Å². The van der Waals surface area contributed by atoms with Gasteiger partial charge in [0.1, 0.15) is 5.75 Å². The number of hydrogen-bond donors (Lipinski definition) is 1. The third-order valence-electron chi connectivity index (χ3n) is 7.22. The van der Waals surface area contributed by atoms with Crippen LogP contribution < -0.4 is 10.1 Å². The maximum Gasteiger partial charge on any atom is 0.156 e. The van der Waals surface area contributed by atoms with Crippen LogP contribution in [0, 0.1) is 0 Å². The third kappa shape index (κ3) is 4.62. The van der Waals surface area contributed by atoms with Crippen molar-refractivity contribution in [1.82, 2.24) is 15.1 Å². The number of ether oxygens (including phenoxy) is 1. The molecule has 5 aromatic rings. The fourth-order valence-electron chi connectivity index (χ4n) is 5.27. The summed E-state index contributed by atoms with van der Waals surface area (Å²) < 4.78 is 5.64. The summed E-state index contributed by atoms with van der Waals surface area (Å²) in [5.41, 5.74) is 3.62. The van der Waals surface area contributed by atoms with Gasteiger partial charge in [-0.05, 0) is 58.5 Å². The number of rotatable bonds is 6. The van der Waals surface area contributed by atoms with Gasteiger partial charge < -0.3 is 10.1 Å². The van der Waals surface area contributed by atoms with Crippen molar-refractivity contribution in [1.29, 1.82) is 0 Å². The minimum atomic E-state index is 0.365. The van der Waals surface area contributed by atoms with Crippen molar-refractivity contribution < 1.29 is 4.74 Å². The number of hydrogen-bond acceptors (Lipinski definition) is 5. The summed E-state index contributed by atoms with van der Waals surface area (Å²) in [6.07, 6.45) is 4.00. The van der Waals surface area contributed by atoms with Crippen LogP contribution in [0.1, 0.15) is 18.4 Å². The summed E-state index contributed by atoms with van der Waals surface area (Å²) in [4.78, 5) is 2.55. The molecule has 1 saturated heterocycles. The number of nitrogens with zero attached hydrogens (tertiary/aromatic N) is 3. The van der Waals surface area contributed by atoms with Crippen LogP contribution in [0.25, 0.3) is 32.7 Å².